The molecule has 0 bridgehead atoms. The highest BCUT2D eigenvalue weighted by atomic mass is 32.2. The molecule has 0 amide bonds. The molecule has 9 heteroatoms. The molecule has 2 fully saturated rings. The molecule has 5 rings (SSSR count). The molecule has 0 saturated heterocycles. The lowest BCUT2D eigenvalue weighted by Gasteiger charge is -2.35. The molecule has 176 valence electrons. The van der Waals surface area contributed by atoms with Gasteiger partial charge < -0.3 is 14.7 Å². The van der Waals surface area contributed by atoms with Gasteiger partial charge in [0.05, 0.1) is 15.5 Å². The summed E-state index contributed by atoms with van der Waals surface area (Å²) >= 11 is 3.03. The van der Waals surface area contributed by atoms with Gasteiger partial charge in [0.1, 0.15) is 17.8 Å². The van der Waals surface area contributed by atoms with Crippen LogP contribution in [0.15, 0.2) is 52.3 Å². The van der Waals surface area contributed by atoms with Gasteiger partial charge in [-0.2, -0.15) is 0 Å². The maximum Gasteiger partial charge on any atom is 0.313 e. The first-order valence-corrected chi connectivity index (χ1v) is 12.7. The van der Waals surface area contributed by atoms with Crippen molar-refractivity contribution in [3.63, 3.8) is 0 Å². The Hall–Kier alpha value is -1.97. The fourth-order valence-electron chi connectivity index (χ4n) is 4.13. The van der Waals surface area contributed by atoms with Gasteiger partial charge in [0.15, 0.2) is 0 Å². The van der Waals surface area contributed by atoms with E-state index in [1.54, 1.807) is 11.9 Å². The zero-order valence-electron chi connectivity index (χ0n) is 18.3. The van der Waals surface area contributed by atoms with Gasteiger partial charge in [0.2, 0.25) is 5.92 Å². The normalized spacial score (nSPS) is 21.6. The van der Waals surface area contributed by atoms with Gasteiger partial charge >= 0.3 is 5.97 Å². The number of likely N-dealkylation sites (N-methyl/N-ethyl adjacent to an activating group) is 1. The van der Waals surface area contributed by atoms with Crippen molar-refractivity contribution in [1.82, 2.24) is 4.31 Å². The summed E-state index contributed by atoms with van der Waals surface area (Å²) in [6.45, 7) is 1.72. The highest BCUT2D eigenvalue weighted by Crippen LogP contribution is 2.52. The molecule has 3 aliphatic rings. The number of fused-ring (bicyclic) bond motifs is 1. The van der Waals surface area contributed by atoms with Gasteiger partial charge in [-0.3, -0.25) is 4.79 Å². The largest absolute Gasteiger partial charge is 0.491 e. The fourth-order valence-corrected chi connectivity index (χ4v) is 6.48. The molecule has 1 aliphatic heterocycles. The lowest BCUT2D eigenvalue weighted by Crippen LogP contribution is -2.37. The summed E-state index contributed by atoms with van der Waals surface area (Å²) in [4.78, 5) is 15.7. The third-order valence-corrected chi connectivity index (χ3v) is 8.69. The number of halogens is 2. The number of aliphatic carboxylic acids is 1. The van der Waals surface area contributed by atoms with Crippen molar-refractivity contribution in [2.24, 2.45) is 5.41 Å². The summed E-state index contributed by atoms with van der Waals surface area (Å²) in [5.41, 5.74) is 1.26. The maximum absolute atomic E-state index is 13.5. The van der Waals surface area contributed by atoms with Gasteiger partial charge in [0, 0.05) is 36.9 Å². The van der Waals surface area contributed by atoms with Crippen molar-refractivity contribution in [2.75, 3.05) is 31.6 Å². The Labute approximate surface area is 200 Å². The van der Waals surface area contributed by atoms with Crippen LogP contribution in [-0.2, 0) is 4.79 Å². The zero-order chi connectivity index (χ0) is 23.2. The molecule has 1 N–H and O–H groups in total. The van der Waals surface area contributed by atoms with Crippen LogP contribution in [0.5, 0.6) is 5.75 Å². The van der Waals surface area contributed by atoms with Gasteiger partial charge in [-0.05, 0) is 56.1 Å². The number of carboxylic acids is 1. The van der Waals surface area contributed by atoms with Crippen LogP contribution in [0.25, 0.3) is 0 Å². The van der Waals surface area contributed by atoms with E-state index in [0.717, 1.165) is 34.3 Å². The zero-order valence-corrected chi connectivity index (χ0v) is 19.9. The van der Waals surface area contributed by atoms with E-state index >= 15 is 0 Å². The Morgan fingerprint density at radius 1 is 1.21 bits per heavy atom. The number of nitrogens with zero attached hydrogens (tertiary/aromatic N) is 2. The van der Waals surface area contributed by atoms with Crippen LogP contribution < -0.4 is 9.64 Å². The van der Waals surface area contributed by atoms with Crippen LogP contribution >= 0.6 is 23.7 Å². The summed E-state index contributed by atoms with van der Waals surface area (Å²) < 4.78 is 35.3. The van der Waals surface area contributed by atoms with Crippen molar-refractivity contribution >= 4 is 41.1 Å². The van der Waals surface area contributed by atoms with Crippen LogP contribution in [0.3, 0.4) is 0 Å². The van der Waals surface area contributed by atoms with E-state index in [0.29, 0.717) is 18.6 Å². The van der Waals surface area contributed by atoms with Gasteiger partial charge in [0.25, 0.3) is 0 Å². The SMILES string of the molecule is CN1CCN(c2ccccc2)c2cc(SC3CC(F)(F)C3)c(OCC3(C(=O)O)CC3)cc2S1. The van der Waals surface area contributed by atoms with Gasteiger partial charge in [-0.1, -0.05) is 18.2 Å². The Morgan fingerprint density at radius 2 is 1.94 bits per heavy atom. The first-order chi connectivity index (χ1) is 15.7. The van der Waals surface area contributed by atoms with E-state index in [1.807, 2.05) is 37.4 Å². The number of rotatable bonds is 7. The van der Waals surface area contributed by atoms with Crippen molar-refractivity contribution in [2.45, 2.75) is 46.6 Å². The number of thioether (sulfide) groups is 1. The number of ether oxygens (including phenoxy) is 1. The van der Waals surface area contributed by atoms with Crippen molar-refractivity contribution in [3.05, 3.63) is 42.5 Å². The van der Waals surface area contributed by atoms with Crippen LogP contribution in [0, 0.1) is 5.41 Å². The summed E-state index contributed by atoms with van der Waals surface area (Å²) in [5.74, 6) is -2.85. The molecule has 2 aliphatic carbocycles. The molecule has 2 saturated carbocycles. The second kappa shape index (κ2) is 8.67. The predicted octanol–water partition coefficient (Wildman–Crippen LogP) is 5.91. The van der Waals surface area contributed by atoms with E-state index in [9.17, 15) is 18.7 Å². The number of hydrogen-bond donors (Lipinski definition) is 1. The number of carbonyl (C=O) groups is 1. The monoisotopic (exact) mass is 492 g/mol. The van der Waals surface area contributed by atoms with Crippen LogP contribution in [0.4, 0.5) is 20.2 Å². The van der Waals surface area contributed by atoms with Crippen molar-refractivity contribution < 1.29 is 23.4 Å². The van der Waals surface area contributed by atoms with Crippen LogP contribution in [0.2, 0.25) is 0 Å². The smallest absolute Gasteiger partial charge is 0.313 e. The molecule has 0 aromatic heterocycles. The molecule has 0 spiro atoms. The predicted molar refractivity (Wildman–Crippen MR) is 127 cm³/mol. The molecule has 2 aromatic carbocycles. The minimum Gasteiger partial charge on any atom is -0.491 e. The second-order valence-electron chi connectivity index (χ2n) is 9.07. The Morgan fingerprint density at radius 3 is 2.58 bits per heavy atom. The van der Waals surface area contributed by atoms with E-state index in [4.69, 9.17) is 4.74 Å². The fraction of sp³-hybridized carbons (Fsp3) is 0.458. The molecular formula is C24H26F2N2O3S2. The first kappa shape index (κ1) is 22.8. The number of hydrogen-bond acceptors (Lipinski definition) is 6. The van der Waals surface area contributed by atoms with Crippen LogP contribution in [0.1, 0.15) is 25.7 Å². The van der Waals surface area contributed by atoms with E-state index in [2.05, 4.69) is 21.3 Å². The van der Waals surface area contributed by atoms with Crippen molar-refractivity contribution in [1.29, 1.82) is 0 Å². The molecule has 5 nitrogen and oxygen atoms in total. The average Bonchev–Trinajstić information content (AvgIpc) is 3.56. The highest BCUT2D eigenvalue weighted by molar-refractivity contribution is 8.00. The summed E-state index contributed by atoms with van der Waals surface area (Å²) in [6.07, 6.45) is 0.911. The molecule has 2 aromatic rings. The number of alkyl halides is 2. The molecular weight excluding hydrogens is 466 g/mol. The number of benzene rings is 2. The topological polar surface area (TPSA) is 53.0 Å². The number of carboxylic acid groups (broad SMARTS) is 1. The molecule has 33 heavy (non-hydrogen) atoms. The average molecular weight is 493 g/mol. The summed E-state index contributed by atoms with van der Waals surface area (Å²) in [5, 5.41) is 9.36. The third-order valence-electron chi connectivity index (χ3n) is 6.43. The minimum absolute atomic E-state index is 0.0956. The Kier molecular flexibility index (Phi) is 5.99. The Balaban J connectivity index is 1.50. The highest BCUT2D eigenvalue weighted by Gasteiger charge is 2.51. The Bertz CT molecular complexity index is 1040. The van der Waals surface area contributed by atoms with Crippen molar-refractivity contribution in [3.8, 4) is 5.75 Å². The van der Waals surface area contributed by atoms with E-state index in [-0.39, 0.29) is 24.7 Å². The van der Waals surface area contributed by atoms with Crippen LogP contribution in [-0.4, -0.2) is 53.3 Å². The molecule has 0 unspecified atom stereocenters. The second-order valence-corrected chi connectivity index (χ2v) is 11.7. The summed E-state index contributed by atoms with van der Waals surface area (Å²) in [7, 11) is 2.03. The molecule has 0 atom stereocenters. The lowest BCUT2D eigenvalue weighted by molar-refractivity contribution is -0.144. The quantitative estimate of drug-likeness (QED) is 0.482. The molecule has 1 heterocycles. The van der Waals surface area contributed by atoms with E-state index < -0.39 is 17.3 Å². The number of para-hydroxylation sites is 1. The maximum atomic E-state index is 13.5. The standard InChI is InChI=1S/C24H26F2N2O3S2/c1-27-9-10-28(16-5-3-2-4-6-16)18-11-21(32-17-13-24(25,26)14-17)19(12-20(18)33-27)31-15-23(7-8-23)22(29)30/h2-6,11-12,17H,7-10,13-15H2,1H3,(H,29,30). The molecule has 0 radical (unpaired) electrons. The summed E-state index contributed by atoms with van der Waals surface area (Å²) in [6, 6.07) is 14.1. The van der Waals surface area contributed by atoms with Gasteiger partial charge in [-0.15, -0.1) is 11.8 Å². The minimum atomic E-state index is -2.60. The lowest BCUT2D eigenvalue weighted by atomic mass is 9.94. The van der Waals surface area contributed by atoms with E-state index in [1.165, 1.54) is 11.8 Å². The third kappa shape index (κ3) is 4.81. The first-order valence-electron chi connectivity index (χ1n) is 11.1. The van der Waals surface area contributed by atoms with Gasteiger partial charge in [-0.25, -0.2) is 13.1 Å². The number of anilines is 2.